The second-order valence-electron chi connectivity index (χ2n) is 6.54. The number of nitrogens with one attached hydrogen (secondary N) is 1. The molecule has 0 aliphatic carbocycles. The van der Waals surface area contributed by atoms with Gasteiger partial charge in [0.05, 0.1) is 26.8 Å². The van der Waals surface area contributed by atoms with Crippen LogP contribution in [-0.2, 0) is 0 Å². The van der Waals surface area contributed by atoms with Gasteiger partial charge in [-0.25, -0.2) is 0 Å². The summed E-state index contributed by atoms with van der Waals surface area (Å²) in [6.07, 6.45) is 1.90. The van der Waals surface area contributed by atoms with Crippen molar-refractivity contribution in [3.63, 3.8) is 0 Å². The molecule has 4 heteroatoms. The van der Waals surface area contributed by atoms with E-state index in [1.165, 1.54) is 0 Å². The molecule has 5 aromatic rings. The molecule has 4 nitrogen and oxygen atoms in total. The highest BCUT2D eigenvalue weighted by Crippen LogP contribution is 2.47. The Bertz CT molecular complexity index is 1330. The summed E-state index contributed by atoms with van der Waals surface area (Å²) in [4.78, 5) is 3.35. The van der Waals surface area contributed by atoms with Crippen LogP contribution in [0.4, 0.5) is 0 Å². The first-order valence-corrected chi connectivity index (χ1v) is 8.81. The quantitative estimate of drug-likeness (QED) is 0.424. The smallest absolute Gasteiger partial charge is 0.169 e. The Balaban J connectivity index is 2.05. The molecular weight excluding hydrogens is 338 g/mol. The molecule has 1 aromatic heterocycles. The lowest BCUT2D eigenvalue weighted by Crippen LogP contribution is -1.94. The van der Waals surface area contributed by atoms with Crippen LogP contribution >= 0.6 is 0 Å². The first-order chi connectivity index (χ1) is 13.3. The number of aromatic amines is 1. The van der Waals surface area contributed by atoms with E-state index in [1.807, 2.05) is 12.3 Å². The van der Waals surface area contributed by atoms with Gasteiger partial charge < -0.3 is 19.2 Å². The first kappa shape index (κ1) is 15.8. The van der Waals surface area contributed by atoms with Crippen LogP contribution in [0.25, 0.3) is 43.2 Å². The zero-order valence-electron chi connectivity index (χ0n) is 15.4. The molecule has 27 heavy (non-hydrogen) atoms. The number of hydrogen-bond acceptors (Lipinski definition) is 3. The molecule has 0 unspecified atom stereocenters. The highest BCUT2D eigenvalue weighted by atomic mass is 16.5. The summed E-state index contributed by atoms with van der Waals surface area (Å²) in [7, 11) is 5.07. The number of H-pyrrole nitrogens is 1. The van der Waals surface area contributed by atoms with Gasteiger partial charge in [0.25, 0.3) is 0 Å². The van der Waals surface area contributed by atoms with Crippen molar-refractivity contribution in [2.24, 2.45) is 0 Å². The molecule has 134 valence electrons. The standard InChI is InChI=1S/C23H19NO3/c1-25-19-12-24-21-16-10-8-14-13-6-4-5-7-17(13)22(26-2)23(27-3)20(14)15(16)9-11-18(19)21/h4-12,24H,1-3H3. The molecule has 0 saturated heterocycles. The number of fused-ring (bicyclic) bond motifs is 7. The van der Waals surface area contributed by atoms with Crippen molar-refractivity contribution in [3.05, 3.63) is 54.7 Å². The van der Waals surface area contributed by atoms with Gasteiger partial charge in [-0.15, -0.1) is 0 Å². The summed E-state index contributed by atoms with van der Waals surface area (Å²) in [5.41, 5.74) is 1.06. The molecule has 0 amide bonds. The van der Waals surface area contributed by atoms with E-state index in [0.29, 0.717) is 0 Å². The Morgan fingerprint density at radius 2 is 1.22 bits per heavy atom. The molecule has 5 rings (SSSR count). The SMILES string of the molecule is COc1c(OC)c2c(ccc3c2ccc2c(OC)c[nH]c23)c2ccccc12. The summed E-state index contributed by atoms with van der Waals surface area (Å²) in [5.74, 6) is 2.36. The summed E-state index contributed by atoms with van der Waals surface area (Å²) in [5, 5.41) is 7.71. The van der Waals surface area contributed by atoms with Crippen molar-refractivity contribution in [1.29, 1.82) is 0 Å². The molecule has 0 atom stereocenters. The summed E-state index contributed by atoms with van der Waals surface area (Å²) < 4.78 is 17.1. The van der Waals surface area contributed by atoms with Crippen molar-refractivity contribution in [2.75, 3.05) is 21.3 Å². The number of ether oxygens (including phenoxy) is 3. The second kappa shape index (κ2) is 5.81. The van der Waals surface area contributed by atoms with Gasteiger partial charge in [0.1, 0.15) is 5.75 Å². The van der Waals surface area contributed by atoms with E-state index in [0.717, 1.165) is 60.5 Å². The third-order valence-corrected chi connectivity index (χ3v) is 5.34. The van der Waals surface area contributed by atoms with Gasteiger partial charge in [-0.3, -0.25) is 0 Å². The average molecular weight is 357 g/mol. The third-order valence-electron chi connectivity index (χ3n) is 5.34. The largest absolute Gasteiger partial charge is 0.495 e. The van der Waals surface area contributed by atoms with Crippen LogP contribution in [0.5, 0.6) is 17.2 Å². The van der Waals surface area contributed by atoms with Crippen molar-refractivity contribution in [2.45, 2.75) is 0 Å². The summed E-state index contributed by atoms with van der Waals surface area (Å²) >= 11 is 0. The van der Waals surface area contributed by atoms with Gasteiger partial charge >= 0.3 is 0 Å². The molecule has 0 saturated carbocycles. The predicted molar refractivity (Wildman–Crippen MR) is 110 cm³/mol. The fraction of sp³-hybridized carbons (Fsp3) is 0.130. The fourth-order valence-corrected chi connectivity index (χ4v) is 4.17. The molecule has 4 aromatic carbocycles. The van der Waals surface area contributed by atoms with Gasteiger partial charge in [-0.2, -0.15) is 0 Å². The van der Waals surface area contributed by atoms with Crippen LogP contribution in [0, 0.1) is 0 Å². The maximum absolute atomic E-state index is 5.84. The third kappa shape index (κ3) is 2.04. The lowest BCUT2D eigenvalue weighted by Gasteiger charge is -2.17. The molecule has 0 spiro atoms. The number of hydrogen-bond donors (Lipinski definition) is 1. The van der Waals surface area contributed by atoms with E-state index in [4.69, 9.17) is 14.2 Å². The number of methoxy groups -OCH3 is 3. The maximum atomic E-state index is 5.84. The summed E-state index contributed by atoms with van der Waals surface area (Å²) in [6.45, 7) is 0. The van der Waals surface area contributed by atoms with Crippen molar-refractivity contribution >= 4 is 43.2 Å². The Morgan fingerprint density at radius 1 is 0.593 bits per heavy atom. The highest BCUT2D eigenvalue weighted by Gasteiger charge is 2.19. The molecular formula is C23H19NO3. The Hall–Kier alpha value is -3.40. The fourth-order valence-electron chi connectivity index (χ4n) is 4.17. The van der Waals surface area contributed by atoms with Crippen LogP contribution in [0.1, 0.15) is 0 Å². The first-order valence-electron chi connectivity index (χ1n) is 8.81. The normalized spacial score (nSPS) is 11.5. The molecule has 0 radical (unpaired) electrons. The lowest BCUT2D eigenvalue weighted by molar-refractivity contribution is 0.362. The van der Waals surface area contributed by atoms with Crippen LogP contribution < -0.4 is 14.2 Å². The Morgan fingerprint density at radius 3 is 1.93 bits per heavy atom. The second-order valence-corrected chi connectivity index (χ2v) is 6.54. The van der Waals surface area contributed by atoms with E-state index in [9.17, 15) is 0 Å². The van der Waals surface area contributed by atoms with E-state index >= 15 is 0 Å². The van der Waals surface area contributed by atoms with Crippen LogP contribution in [0.15, 0.2) is 54.7 Å². The monoisotopic (exact) mass is 357 g/mol. The molecule has 0 fully saturated rings. The minimum atomic E-state index is 0.759. The maximum Gasteiger partial charge on any atom is 0.169 e. The Labute approximate surface area is 156 Å². The highest BCUT2D eigenvalue weighted by molar-refractivity contribution is 6.25. The molecule has 1 heterocycles. The van der Waals surface area contributed by atoms with Crippen molar-refractivity contribution < 1.29 is 14.2 Å². The van der Waals surface area contributed by atoms with Crippen molar-refractivity contribution in [1.82, 2.24) is 4.98 Å². The molecule has 0 aliphatic heterocycles. The average Bonchev–Trinajstić information content (AvgIpc) is 3.15. The minimum absolute atomic E-state index is 0.759. The van der Waals surface area contributed by atoms with E-state index in [1.54, 1.807) is 21.3 Å². The van der Waals surface area contributed by atoms with Crippen LogP contribution in [-0.4, -0.2) is 26.3 Å². The molecule has 1 N–H and O–H groups in total. The van der Waals surface area contributed by atoms with Gasteiger partial charge in [-0.1, -0.05) is 42.5 Å². The topological polar surface area (TPSA) is 43.5 Å². The van der Waals surface area contributed by atoms with Gasteiger partial charge in [0.2, 0.25) is 0 Å². The van der Waals surface area contributed by atoms with Gasteiger partial charge in [0, 0.05) is 27.7 Å². The Kier molecular flexibility index (Phi) is 3.41. The van der Waals surface area contributed by atoms with Crippen molar-refractivity contribution in [3.8, 4) is 17.2 Å². The summed E-state index contributed by atoms with van der Waals surface area (Å²) in [6, 6.07) is 16.8. The number of rotatable bonds is 3. The van der Waals surface area contributed by atoms with Crippen LogP contribution in [0.3, 0.4) is 0 Å². The zero-order valence-corrected chi connectivity index (χ0v) is 15.4. The minimum Gasteiger partial charge on any atom is -0.495 e. The van der Waals surface area contributed by atoms with E-state index in [2.05, 4.69) is 47.4 Å². The van der Waals surface area contributed by atoms with Crippen LogP contribution in [0.2, 0.25) is 0 Å². The van der Waals surface area contributed by atoms with E-state index < -0.39 is 0 Å². The molecule has 0 bridgehead atoms. The zero-order chi connectivity index (χ0) is 18.5. The van der Waals surface area contributed by atoms with Gasteiger partial charge in [-0.05, 0) is 22.2 Å². The van der Waals surface area contributed by atoms with E-state index in [-0.39, 0.29) is 0 Å². The predicted octanol–water partition coefficient (Wildman–Crippen LogP) is 5.65. The lowest BCUT2D eigenvalue weighted by atomic mass is 9.94. The van der Waals surface area contributed by atoms with Gasteiger partial charge in [0.15, 0.2) is 11.5 Å². The number of benzene rings is 4. The molecule has 0 aliphatic rings. The number of aromatic nitrogens is 1.